The van der Waals surface area contributed by atoms with Crippen molar-refractivity contribution in [2.45, 2.75) is 26.2 Å². The third-order valence-electron chi connectivity index (χ3n) is 2.98. The lowest BCUT2D eigenvalue weighted by Crippen LogP contribution is -2.11. The molecule has 0 atom stereocenters. The van der Waals surface area contributed by atoms with Gasteiger partial charge in [-0.1, -0.05) is 39.0 Å². The van der Waals surface area contributed by atoms with Crippen molar-refractivity contribution in [3.05, 3.63) is 41.6 Å². The zero-order valence-corrected chi connectivity index (χ0v) is 11.5. The molecule has 0 saturated carbocycles. The van der Waals surface area contributed by atoms with Crippen LogP contribution in [0, 0.1) is 0 Å². The van der Waals surface area contributed by atoms with E-state index in [1.807, 2.05) is 18.2 Å². The molecule has 0 radical (unpaired) electrons. The Balaban J connectivity index is 2.13. The smallest absolute Gasteiger partial charge is 0.134 e. The number of hydrogen-bond acceptors (Lipinski definition) is 3. The first-order chi connectivity index (χ1) is 8.55. The van der Waals surface area contributed by atoms with Gasteiger partial charge in [-0.3, -0.25) is 0 Å². The molecule has 0 N–H and O–H groups in total. The predicted octanol–water partition coefficient (Wildman–Crippen LogP) is 4.85. The standard InChI is InChI=1S/C15H15NOS/c1-15(2,3)13-9-18-14(16-13)11-8-17-12-7-5-4-6-10(11)12/h4-9H,1-3H3. The van der Waals surface area contributed by atoms with E-state index in [0.717, 1.165) is 27.2 Å². The summed E-state index contributed by atoms with van der Waals surface area (Å²) >= 11 is 1.68. The van der Waals surface area contributed by atoms with Crippen LogP contribution in [0.1, 0.15) is 26.5 Å². The van der Waals surface area contributed by atoms with Crippen LogP contribution in [0.3, 0.4) is 0 Å². The number of aromatic nitrogens is 1. The Bertz CT molecular complexity index is 688. The fraction of sp³-hybridized carbons (Fsp3) is 0.267. The molecule has 0 fully saturated rings. The molecule has 0 spiro atoms. The van der Waals surface area contributed by atoms with E-state index < -0.39 is 0 Å². The maximum absolute atomic E-state index is 5.56. The van der Waals surface area contributed by atoms with Crippen molar-refractivity contribution >= 4 is 22.3 Å². The molecule has 2 heterocycles. The molecule has 0 aliphatic carbocycles. The molecule has 0 amide bonds. The normalized spacial score (nSPS) is 12.2. The molecule has 2 nitrogen and oxygen atoms in total. The molecular formula is C15H15NOS. The van der Waals surface area contributed by atoms with Crippen LogP contribution in [0.5, 0.6) is 0 Å². The van der Waals surface area contributed by atoms with E-state index >= 15 is 0 Å². The number of benzene rings is 1. The van der Waals surface area contributed by atoms with Crippen LogP contribution >= 0.6 is 11.3 Å². The highest BCUT2D eigenvalue weighted by Gasteiger charge is 2.19. The topological polar surface area (TPSA) is 26.0 Å². The molecule has 0 aliphatic rings. The second-order valence-electron chi connectivity index (χ2n) is 5.43. The van der Waals surface area contributed by atoms with Gasteiger partial charge in [0.25, 0.3) is 0 Å². The van der Waals surface area contributed by atoms with E-state index in [4.69, 9.17) is 9.40 Å². The van der Waals surface area contributed by atoms with Crippen LogP contribution in [-0.2, 0) is 5.41 Å². The van der Waals surface area contributed by atoms with Gasteiger partial charge in [0.1, 0.15) is 16.9 Å². The van der Waals surface area contributed by atoms with Gasteiger partial charge in [-0.15, -0.1) is 11.3 Å². The average Bonchev–Trinajstić information content (AvgIpc) is 2.94. The lowest BCUT2D eigenvalue weighted by molar-refractivity contribution is 0.573. The SMILES string of the molecule is CC(C)(C)c1csc(-c2coc3ccccc23)n1. The van der Waals surface area contributed by atoms with Crippen LogP contribution < -0.4 is 0 Å². The number of fused-ring (bicyclic) bond motifs is 1. The van der Waals surface area contributed by atoms with Gasteiger partial charge >= 0.3 is 0 Å². The molecule has 0 bridgehead atoms. The zero-order valence-electron chi connectivity index (χ0n) is 10.7. The summed E-state index contributed by atoms with van der Waals surface area (Å²) in [5, 5.41) is 4.30. The minimum Gasteiger partial charge on any atom is -0.464 e. The summed E-state index contributed by atoms with van der Waals surface area (Å²) in [6.07, 6.45) is 1.80. The summed E-state index contributed by atoms with van der Waals surface area (Å²) < 4.78 is 5.56. The highest BCUT2D eigenvalue weighted by Crippen LogP contribution is 2.34. The highest BCUT2D eigenvalue weighted by molar-refractivity contribution is 7.13. The van der Waals surface area contributed by atoms with Gasteiger partial charge in [0.2, 0.25) is 0 Å². The zero-order chi connectivity index (χ0) is 12.8. The van der Waals surface area contributed by atoms with Crippen molar-refractivity contribution < 1.29 is 4.42 Å². The van der Waals surface area contributed by atoms with Gasteiger partial charge in [0.15, 0.2) is 0 Å². The maximum Gasteiger partial charge on any atom is 0.134 e. The molecule has 1 aromatic carbocycles. The van der Waals surface area contributed by atoms with Crippen molar-refractivity contribution in [1.29, 1.82) is 0 Å². The molecule has 92 valence electrons. The minimum absolute atomic E-state index is 0.0916. The highest BCUT2D eigenvalue weighted by atomic mass is 32.1. The van der Waals surface area contributed by atoms with Crippen LogP contribution in [0.2, 0.25) is 0 Å². The first-order valence-electron chi connectivity index (χ1n) is 5.98. The Morgan fingerprint density at radius 2 is 1.94 bits per heavy atom. The van der Waals surface area contributed by atoms with Crippen molar-refractivity contribution in [1.82, 2.24) is 4.98 Å². The minimum atomic E-state index is 0.0916. The maximum atomic E-state index is 5.56. The third kappa shape index (κ3) is 1.85. The Morgan fingerprint density at radius 1 is 1.17 bits per heavy atom. The van der Waals surface area contributed by atoms with E-state index in [9.17, 15) is 0 Å². The van der Waals surface area contributed by atoms with Gasteiger partial charge in [0.05, 0.1) is 11.3 Å². The Labute approximate surface area is 110 Å². The Morgan fingerprint density at radius 3 is 2.67 bits per heavy atom. The second kappa shape index (κ2) is 3.95. The van der Waals surface area contributed by atoms with Crippen molar-refractivity contribution in [3.8, 4) is 10.6 Å². The fourth-order valence-corrected chi connectivity index (χ4v) is 2.95. The molecule has 0 saturated heterocycles. The molecule has 2 aromatic heterocycles. The Hall–Kier alpha value is -1.61. The monoisotopic (exact) mass is 257 g/mol. The average molecular weight is 257 g/mol. The van der Waals surface area contributed by atoms with E-state index in [1.54, 1.807) is 17.6 Å². The third-order valence-corrected chi connectivity index (χ3v) is 3.86. The molecular weight excluding hydrogens is 242 g/mol. The van der Waals surface area contributed by atoms with E-state index in [-0.39, 0.29) is 5.41 Å². The number of furan rings is 1. The summed E-state index contributed by atoms with van der Waals surface area (Å²) in [5.74, 6) is 0. The van der Waals surface area contributed by atoms with Crippen LogP contribution in [0.4, 0.5) is 0 Å². The number of para-hydroxylation sites is 1. The molecule has 18 heavy (non-hydrogen) atoms. The van der Waals surface area contributed by atoms with E-state index in [2.05, 4.69) is 32.2 Å². The van der Waals surface area contributed by atoms with Gasteiger partial charge in [-0.2, -0.15) is 0 Å². The lowest BCUT2D eigenvalue weighted by atomic mass is 9.93. The molecule has 3 aromatic rings. The van der Waals surface area contributed by atoms with Gasteiger partial charge in [0, 0.05) is 16.2 Å². The van der Waals surface area contributed by atoms with Crippen molar-refractivity contribution in [3.63, 3.8) is 0 Å². The number of rotatable bonds is 1. The second-order valence-corrected chi connectivity index (χ2v) is 6.29. The largest absolute Gasteiger partial charge is 0.464 e. The Kier molecular flexibility index (Phi) is 2.52. The summed E-state index contributed by atoms with van der Waals surface area (Å²) in [6, 6.07) is 8.07. The summed E-state index contributed by atoms with van der Waals surface area (Å²) in [5.41, 5.74) is 3.23. The first-order valence-corrected chi connectivity index (χ1v) is 6.86. The van der Waals surface area contributed by atoms with Crippen molar-refractivity contribution in [2.75, 3.05) is 0 Å². The molecule has 3 heteroatoms. The molecule has 0 aliphatic heterocycles. The summed E-state index contributed by atoms with van der Waals surface area (Å²) in [7, 11) is 0. The van der Waals surface area contributed by atoms with Gasteiger partial charge in [-0.25, -0.2) is 4.98 Å². The molecule has 3 rings (SSSR count). The molecule has 0 unspecified atom stereocenters. The summed E-state index contributed by atoms with van der Waals surface area (Å²) in [4.78, 5) is 4.73. The van der Waals surface area contributed by atoms with Crippen LogP contribution in [0.15, 0.2) is 40.3 Å². The number of thiazole rings is 1. The summed E-state index contributed by atoms with van der Waals surface area (Å²) in [6.45, 7) is 6.54. The van der Waals surface area contributed by atoms with Gasteiger partial charge < -0.3 is 4.42 Å². The van der Waals surface area contributed by atoms with Crippen molar-refractivity contribution in [2.24, 2.45) is 0 Å². The lowest BCUT2D eigenvalue weighted by Gasteiger charge is -2.14. The first kappa shape index (κ1) is 11.5. The number of nitrogens with zero attached hydrogens (tertiary/aromatic N) is 1. The predicted molar refractivity (Wildman–Crippen MR) is 76.0 cm³/mol. The number of hydrogen-bond donors (Lipinski definition) is 0. The van der Waals surface area contributed by atoms with Gasteiger partial charge in [-0.05, 0) is 6.07 Å². The van der Waals surface area contributed by atoms with E-state index in [1.165, 1.54) is 0 Å². The quantitative estimate of drug-likeness (QED) is 0.622. The fourth-order valence-electron chi connectivity index (χ4n) is 1.89. The van der Waals surface area contributed by atoms with E-state index in [0.29, 0.717) is 0 Å². The van der Waals surface area contributed by atoms with Crippen LogP contribution in [0.25, 0.3) is 21.5 Å². The van der Waals surface area contributed by atoms with Crippen LogP contribution in [-0.4, -0.2) is 4.98 Å².